The van der Waals surface area contributed by atoms with Crippen LogP contribution in [0.5, 0.6) is 5.75 Å². The quantitative estimate of drug-likeness (QED) is 0.757. The van der Waals surface area contributed by atoms with Crippen molar-refractivity contribution in [2.45, 2.75) is 38.9 Å². The van der Waals surface area contributed by atoms with Crippen LogP contribution < -0.4 is 10.7 Å². The number of allylic oxidation sites excluding steroid dienone is 1. The van der Waals surface area contributed by atoms with Crippen molar-refractivity contribution in [2.24, 2.45) is 0 Å². The Kier molecular flexibility index (Phi) is 5.31. The molecule has 2 bridgehead atoms. The Hall–Kier alpha value is -3.56. The minimum atomic E-state index is -1.10. The van der Waals surface area contributed by atoms with Crippen LogP contribution in [0.1, 0.15) is 51.4 Å². The molecule has 0 saturated heterocycles. The van der Waals surface area contributed by atoms with Gasteiger partial charge in [-0.15, -0.1) is 0 Å². The molecule has 0 spiro atoms. The maximum atomic E-state index is 14.2. The van der Waals surface area contributed by atoms with Crippen LogP contribution in [0.3, 0.4) is 0 Å². The van der Waals surface area contributed by atoms with Crippen molar-refractivity contribution < 1.29 is 27.9 Å². The smallest absolute Gasteiger partial charge is 0.275 e. The van der Waals surface area contributed by atoms with Gasteiger partial charge < -0.3 is 19.9 Å². The number of carbonyl (C=O) groups excluding carboxylic acids is 2. The zero-order valence-corrected chi connectivity index (χ0v) is 17.3. The molecule has 0 aliphatic carbocycles. The fraction of sp³-hybridized carbons (Fsp3) is 0.318. The zero-order chi connectivity index (χ0) is 23.3. The third-order valence-corrected chi connectivity index (χ3v) is 5.77. The summed E-state index contributed by atoms with van der Waals surface area (Å²) in [5.41, 5.74) is -1.98. The van der Waals surface area contributed by atoms with Gasteiger partial charge in [-0.25, -0.2) is 13.2 Å². The van der Waals surface area contributed by atoms with Gasteiger partial charge in [0.05, 0.1) is 12.1 Å². The van der Waals surface area contributed by atoms with E-state index in [-0.39, 0.29) is 24.2 Å². The van der Waals surface area contributed by atoms with Crippen molar-refractivity contribution >= 4 is 11.8 Å². The first-order chi connectivity index (χ1) is 15.1. The number of amides is 2. The van der Waals surface area contributed by atoms with Gasteiger partial charge in [-0.1, -0.05) is 0 Å². The van der Waals surface area contributed by atoms with E-state index in [0.717, 1.165) is 18.3 Å². The second-order valence-electron chi connectivity index (χ2n) is 8.04. The summed E-state index contributed by atoms with van der Waals surface area (Å²) in [6, 6.07) is 1.000. The van der Waals surface area contributed by atoms with E-state index in [0.29, 0.717) is 5.56 Å². The number of aromatic hydroxyl groups is 1. The summed E-state index contributed by atoms with van der Waals surface area (Å²) in [7, 11) is 0. The van der Waals surface area contributed by atoms with Gasteiger partial charge in [0.25, 0.3) is 11.8 Å². The monoisotopic (exact) mass is 447 g/mol. The zero-order valence-electron chi connectivity index (χ0n) is 17.3. The molecular formula is C22H20F3N3O4. The summed E-state index contributed by atoms with van der Waals surface area (Å²) in [5, 5.41) is 12.7. The normalized spacial score (nSPS) is 19.8. The Morgan fingerprint density at radius 2 is 1.88 bits per heavy atom. The van der Waals surface area contributed by atoms with Crippen LogP contribution in [0.25, 0.3) is 0 Å². The first-order valence-corrected chi connectivity index (χ1v) is 9.96. The van der Waals surface area contributed by atoms with Gasteiger partial charge in [-0.2, -0.15) is 0 Å². The van der Waals surface area contributed by atoms with Crippen LogP contribution in [0.2, 0.25) is 0 Å². The number of halogens is 3. The molecular weight excluding hydrogens is 427 g/mol. The highest BCUT2D eigenvalue weighted by Gasteiger charge is 2.39. The number of pyridine rings is 1. The highest BCUT2D eigenvalue weighted by molar-refractivity contribution is 5.99. The molecule has 32 heavy (non-hydrogen) atoms. The second-order valence-corrected chi connectivity index (χ2v) is 8.04. The van der Waals surface area contributed by atoms with Gasteiger partial charge in [-0.05, 0) is 37.6 Å². The standard InChI is InChI=1S/C22H20F3N3O4/c1-10-3-16(24)14(17(25)4-10)7-26-21(31)15-9-28-13-6-12(23)5-11(2)27(8-13)22(32)18(28)20(30)19(15)29/h3-5,9,11,13,30H,6-8H2,1-2H3,(H,26,31). The molecule has 2 N–H and O–H groups in total. The molecule has 0 radical (unpaired) electrons. The topological polar surface area (TPSA) is 91.6 Å². The van der Waals surface area contributed by atoms with Crippen molar-refractivity contribution in [3.8, 4) is 5.75 Å². The van der Waals surface area contributed by atoms with Gasteiger partial charge in [0.2, 0.25) is 5.43 Å². The van der Waals surface area contributed by atoms with Crippen molar-refractivity contribution in [3.63, 3.8) is 0 Å². The van der Waals surface area contributed by atoms with Crippen LogP contribution in [0.4, 0.5) is 13.2 Å². The lowest BCUT2D eigenvalue weighted by Gasteiger charge is -2.36. The highest BCUT2D eigenvalue weighted by atomic mass is 19.1. The molecule has 2 aliphatic rings. The minimum Gasteiger partial charge on any atom is -0.503 e. The Morgan fingerprint density at radius 3 is 2.53 bits per heavy atom. The Bertz CT molecular complexity index is 1210. The summed E-state index contributed by atoms with van der Waals surface area (Å²) < 4.78 is 43.6. The predicted molar refractivity (Wildman–Crippen MR) is 108 cm³/mol. The molecule has 0 fully saturated rings. The van der Waals surface area contributed by atoms with Crippen molar-refractivity contribution in [2.75, 3.05) is 6.54 Å². The van der Waals surface area contributed by atoms with Gasteiger partial charge in [-0.3, -0.25) is 14.4 Å². The number of aryl methyl sites for hydroxylation is 1. The molecule has 4 rings (SSSR count). The average Bonchev–Trinajstić information content (AvgIpc) is 2.83. The van der Waals surface area contributed by atoms with Gasteiger partial charge in [0.1, 0.15) is 23.0 Å². The number of hydrogen-bond acceptors (Lipinski definition) is 4. The second kappa shape index (κ2) is 7.85. The van der Waals surface area contributed by atoms with Crippen LogP contribution in [-0.4, -0.2) is 39.0 Å². The highest BCUT2D eigenvalue weighted by Crippen LogP contribution is 2.34. The van der Waals surface area contributed by atoms with E-state index in [1.807, 2.05) is 0 Å². The van der Waals surface area contributed by atoms with Gasteiger partial charge >= 0.3 is 0 Å². The fourth-order valence-corrected chi connectivity index (χ4v) is 4.14. The molecule has 1 aromatic carbocycles. The maximum Gasteiger partial charge on any atom is 0.275 e. The van der Waals surface area contributed by atoms with Crippen LogP contribution in [0, 0.1) is 18.6 Å². The Morgan fingerprint density at radius 1 is 1.22 bits per heavy atom. The Balaban J connectivity index is 1.70. The Labute approximate surface area is 180 Å². The largest absolute Gasteiger partial charge is 0.503 e. The first-order valence-electron chi connectivity index (χ1n) is 9.96. The van der Waals surface area contributed by atoms with Crippen molar-refractivity contribution in [1.29, 1.82) is 0 Å². The lowest BCUT2D eigenvalue weighted by Crippen LogP contribution is -2.47. The van der Waals surface area contributed by atoms with E-state index in [2.05, 4.69) is 5.32 Å². The number of hydrogen-bond donors (Lipinski definition) is 2. The third-order valence-electron chi connectivity index (χ3n) is 5.77. The summed E-state index contributed by atoms with van der Waals surface area (Å²) in [5.74, 6) is -4.75. The maximum absolute atomic E-state index is 14.2. The molecule has 10 heteroatoms. The lowest BCUT2D eigenvalue weighted by atomic mass is 10.1. The number of benzene rings is 1. The number of nitrogens with zero attached hydrogens (tertiary/aromatic N) is 2. The van der Waals surface area contributed by atoms with Crippen LogP contribution in [0.15, 0.2) is 35.0 Å². The van der Waals surface area contributed by atoms with Crippen LogP contribution in [-0.2, 0) is 6.54 Å². The number of rotatable bonds is 3. The molecule has 0 saturated carbocycles. The third kappa shape index (κ3) is 3.55. The molecule has 168 valence electrons. The van der Waals surface area contributed by atoms with E-state index in [1.54, 1.807) is 6.92 Å². The molecule has 3 heterocycles. The van der Waals surface area contributed by atoms with E-state index >= 15 is 0 Å². The summed E-state index contributed by atoms with van der Waals surface area (Å²) in [4.78, 5) is 39.5. The minimum absolute atomic E-state index is 0.0930. The molecule has 2 amide bonds. The fourth-order valence-electron chi connectivity index (χ4n) is 4.14. The number of fused-ring (bicyclic) bond motifs is 4. The van der Waals surface area contributed by atoms with E-state index < -0.39 is 64.6 Å². The SMILES string of the molecule is Cc1cc(F)c(CNC(=O)c2cn3c(c(O)c2=O)C(=O)N2CC3CC(F)=CC2C)c(F)c1. The molecule has 1 aromatic heterocycles. The molecule has 2 atom stereocenters. The van der Waals surface area contributed by atoms with Gasteiger partial charge in [0.15, 0.2) is 11.4 Å². The van der Waals surface area contributed by atoms with Crippen molar-refractivity contribution in [3.05, 3.63) is 74.5 Å². The first kappa shape index (κ1) is 21.7. The van der Waals surface area contributed by atoms with E-state index in [4.69, 9.17) is 0 Å². The molecule has 2 unspecified atom stereocenters. The number of aromatic nitrogens is 1. The van der Waals surface area contributed by atoms with E-state index in [9.17, 15) is 32.7 Å². The van der Waals surface area contributed by atoms with Crippen molar-refractivity contribution in [1.82, 2.24) is 14.8 Å². The van der Waals surface area contributed by atoms with E-state index in [1.165, 1.54) is 22.5 Å². The summed E-state index contributed by atoms with van der Waals surface area (Å²) in [6.45, 7) is 2.72. The lowest BCUT2D eigenvalue weighted by molar-refractivity contribution is 0.0629. The number of nitrogens with one attached hydrogen (secondary N) is 1. The predicted octanol–water partition coefficient (Wildman–Crippen LogP) is 2.71. The molecule has 2 aliphatic heterocycles. The molecule has 2 aromatic rings. The van der Waals surface area contributed by atoms with Gasteiger partial charge in [0, 0.05) is 31.3 Å². The van der Waals surface area contributed by atoms with Crippen LogP contribution >= 0.6 is 0 Å². The summed E-state index contributed by atoms with van der Waals surface area (Å²) in [6.07, 6.45) is 2.28. The average molecular weight is 447 g/mol. The molecule has 7 nitrogen and oxygen atoms in total. The number of carbonyl (C=O) groups is 2. The summed E-state index contributed by atoms with van der Waals surface area (Å²) >= 11 is 0.